The Balaban J connectivity index is 1.77. The second-order valence-electron chi connectivity index (χ2n) is 5.37. The van der Waals surface area contributed by atoms with E-state index in [1.54, 1.807) is 11.3 Å². The predicted molar refractivity (Wildman–Crippen MR) is 81.6 cm³/mol. The van der Waals surface area contributed by atoms with Crippen LogP contribution in [0.3, 0.4) is 0 Å². The minimum absolute atomic E-state index is 0.575. The van der Waals surface area contributed by atoms with E-state index in [0.29, 0.717) is 6.04 Å². The molecule has 0 aromatic carbocycles. The molecule has 0 saturated heterocycles. The van der Waals surface area contributed by atoms with Crippen LogP contribution in [0.1, 0.15) is 42.5 Å². The number of rotatable bonds is 3. The van der Waals surface area contributed by atoms with Crippen molar-refractivity contribution in [2.24, 2.45) is 10.9 Å². The van der Waals surface area contributed by atoms with E-state index < -0.39 is 0 Å². The Bertz CT molecular complexity index is 419. The zero-order valence-electron chi connectivity index (χ0n) is 12.1. The van der Waals surface area contributed by atoms with E-state index in [4.69, 9.17) is 0 Å². The fraction of sp³-hybridized carbons (Fsp3) is 0.714. The van der Waals surface area contributed by atoms with Gasteiger partial charge in [-0.15, -0.1) is 11.3 Å². The molecule has 19 heavy (non-hydrogen) atoms. The van der Waals surface area contributed by atoms with Crippen LogP contribution in [0.2, 0.25) is 0 Å². The molecule has 1 aromatic heterocycles. The van der Waals surface area contributed by atoms with Crippen molar-refractivity contribution in [3.63, 3.8) is 0 Å². The normalized spacial score (nSPS) is 24.3. The van der Waals surface area contributed by atoms with Gasteiger partial charge in [-0.25, -0.2) is 4.98 Å². The van der Waals surface area contributed by atoms with Crippen LogP contribution in [-0.2, 0) is 6.54 Å². The SMILES string of the molecule is CN=C(NCc1cnc(C)s1)NC1CCC(C)CC1. The van der Waals surface area contributed by atoms with Gasteiger partial charge in [-0.05, 0) is 38.5 Å². The first kappa shape index (κ1) is 14.3. The molecule has 1 saturated carbocycles. The van der Waals surface area contributed by atoms with Gasteiger partial charge in [0, 0.05) is 24.2 Å². The van der Waals surface area contributed by atoms with Crippen LogP contribution in [-0.4, -0.2) is 24.0 Å². The van der Waals surface area contributed by atoms with Gasteiger partial charge in [-0.2, -0.15) is 0 Å². The van der Waals surface area contributed by atoms with E-state index in [1.165, 1.54) is 30.6 Å². The summed E-state index contributed by atoms with van der Waals surface area (Å²) in [6.07, 6.45) is 7.08. The summed E-state index contributed by atoms with van der Waals surface area (Å²) in [5, 5.41) is 8.01. The Hall–Kier alpha value is -1.10. The number of thiazole rings is 1. The fourth-order valence-corrected chi connectivity index (χ4v) is 3.18. The molecule has 1 aliphatic carbocycles. The van der Waals surface area contributed by atoms with Gasteiger partial charge in [0.2, 0.25) is 0 Å². The first-order valence-electron chi connectivity index (χ1n) is 7.06. The van der Waals surface area contributed by atoms with Crippen LogP contribution >= 0.6 is 11.3 Å². The third-order valence-electron chi connectivity index (χ3n) is 3.68. The Labute approximate surface area is 119 Å². The van der Waals surface area contributed by atoms with E-state index in [2.05, 4.69) is 27.5 Å². The zero-order valence-corrected chi connectivity index (χ0v) is 12.9. The molecule has 1 aliphatic rings. The molecule has 5 heteroatoms. The van der Waals surface area contributed by atoms with E-state index in [-0.39, 0.29) is 0 Å². The van der Waals surface area contributed by atoms with Gasteiger partial charge in [-0.1, -0.05) is 6.92 Å². The third-order valence-corrected chi connectivity index (χ3v) is 4.59. The monoisotopic (exact) mass is 280 g/mol. The smallest absolute Gasteiger partial charge is 0.191 e. The molecular formula is C14H24N4S. The van der Waals surface area contributed by atoms with Gasteiger partial charge in [0.1, 0.15) is 0 Å². The lowest BCUT2D eigenvalue weighted by atomic mass is 9.87. The van der Waals surface area contributed by atoms with Crippen molar-refractivity contribution in [1.82, 2.24) is 15.6 Å². The maximum Gasteiger partial charge on any atom is 0.191 e. The van der Waals surface area contributed by atoms with Crippen LogP contribution in [0.25, 0.3) is 0 Å². The topological polar surface area (TPSA) is 49.3 Å². The lowest BCUT2D eigenvalue weighted by Crippen LogP contribution is -2.44. The van der Waals surface area contributed by atoms with E-state index in [1.807, 2.05) is 20.2 Å². The first-order chi connectivity index (χ1) is 9.17. The van der Waals surface area contributed by atoms with Crippen molar-refractivity contribution in [3.05, 3.63) is 16.1 Å². The van der Waals surface area contributed by atoms with Crippen LogP contribution in [0.5, 0.6) is 0 Å². The molecule has 0 amide bonds. The Morgan fingerprint density at radius 1 is 1.42 bits per heavy atom. The van der Waals surface area contributed by atoms with Crippen LogP contribution < -0.4 is 10.6 Å². The summed E-state index contributed by atoms with van der Waals surface area (Å²) in [4.78, 5) is 9.81. The predicted octanol–water partition coefficient (Wildman–Crippen LogP) is 2.70. The fourth-order valence-electron chi connectivity index (χ4n) is 2.45. The second kappa shape index (κ2) is 6.89. The van der Waals surface area contributed by atoms with Gasteiger partial charge in [-0.3, -0.25) is 4.99 Å². The molecule has 4 nitrogen and oxygen atoms in total. The van der Waals surface area contributed by atoms with E-state index in [0.717, 1.165) is 23.4 Å². The van der Waals surface area contributed by atoms with Gasteiger partial charge in [0.25, 0.3) is 0 Å². The third kappa shape index (κ3) is 4.49. The molecule has 2 N–H and O–H groups in total. The largest absolute Gasteiger partial charge is 0.354 e. The highest BCUT2D eigenvalue weighted by Crippen LogP contribution is 2.23. The van der Waals surface area contributed by atoms with Crippen LogP contribution in [0.15, 0.2) is 11.2 Å². The summed E-state index contributed by atoms with van der Waals surface area (Å²) in [5.41, 5.74) is 0. The van der Waals surface area contributed by atoms with Crippen molar-refractivity contribution in [2.75, 3.05) is 7.05 Å². The Kier molecular flexibility index (Phi) is 5.19. The molecule has 106 valence electrons. The molecular weight excluding hydrogens is 256 g/mol. The molecule has 0 bridgehead atoms. The summed E-state index contributed by atoms with van der Waals surface area (Å²) < 4.78 is 0. The lowest BCUT2D eigenvalue weighted by Gasteiger charge is -2.28. The molecule has 0 radical (unpaired) electrons. The molecule has 0 atom stereocenters. The maximum absolute atomic E-state index is 4.30. The number of nitrogens with zero attached hydrogens (tertiary/aromatic N) is 2. The number of guanidine groups is 1. The maximum atomic E-state index is 4.30. The quantitative estimate of drug-likeness (QED) is 0.661. The lowest BCUT2D eigenvalue weighted by molar-refractivity contribution is 0.329. The zero-order chi connectivity index (χ0) is 13.7. The summed E-state index contributed by atoms with van der Waals surface area (Å²) in [5.74, 6) is 1.79. The number of hydrogen-bond acceptors (Lipinski definition) is 3. The molecule has 0 unspecified atom stereocenters. The summed E-state index contributed by atoms with van der Waals surface area (Å²) in [6, 6.07) is 0.575. The Morgan fingerprint density at radius 3 is 2.74 bits per heavy atom. The van der Waals surface area contributed by atoms with Gasteiger partial charge in [0.05, 0.1) is 11.6 Å². The van der Waals surface area contributed by atoms with Crippen LogP contribution in [0, 0.1) is 12.8 Å². The molecule has 2 rings (SSSR count). The highest BCUT2D eigenvalue weighted by atomic mass is 32.1. The number of nitrogens with one attached hydrogen (secondary N) is 2. The average Bonchev–Trinajstić information content (AvgIpc) is 2.82. The summed E-state index contributed by atoms with van der Waals surface area (Å²) >= 11 is 1.73. The van der Waals surface area contributed by atoms with Gasteiger partial charge < -0.3 is 10.6 Å². The van der Waals surface area contributed by atoms with Crippen molar-refractivity contribution in [1.29, 1.82) is 0 Å². The number of aryl methyl sites for hydroxylation is 1. The highest BCUT2D eigenvalue weighted by molar-refractivity contribution is 7.11. The van der Waals surface area contributed by atoms with Crippen molar-refractivity contribution >= 4 is 17.3 Å². The molecule has 0 spiro atoms. The standard InChI is InChI=1S/C14H24N4S/c1-10-4-6-12(7-5-10)18-14(15-3)17-9-13-8-16-11(2)19-13/h8,10,12H,4-7,9H2,1-3H3,(H2,15,17,18). The van der Waals surface area contributed by atoms with Gasteiger partial charge >= 0.3 is 0 Å². The van der Waals surface area contributed by atoms with Crippen molar-refractivity contribution < 1.29 is 0 Å². The number of aromatic nitrogens is 1. The summed E-state index contributed by atoms with van der Waals surface area (Å²) in [6.45, 7) is 5.17. The Morgan fingerprint density at radius 2 is 2.16 bits per heavy atom. The van der Waals surface area contributed by atoms with E-state index in [9.17, 15) is 0 Å². The summed E-state index contributed by atoms with van der Waals surface area (Å²) in [7, 11) is 1.83. The van der Waals surface area contributed by atoms with Gasteiger partial charge in [0.15, 0.2) is 5.96 Å². The van der Waals surface area contributed by atoms with Crippen molar-refractivity contribution in [3.8, 4) is 0 Å². The second-order valence-corrected chi connectivity index (χ2v) is 6.69. The number of hydrogen-bond donors (Lipinski definition) is 2. The molecule has 1 heterocycles. The highest BCUT2D eigenvalue weighted by Gasteiger charge is 2.18. The van der Waals surface area contributed by atoms with Crippen molar-refractivity contribution in [2.45, 2.75) is 52.1 Å². The van der Waals surface area contributed by atoms with Crippen LogP contribution in [0.4, 0.5) is 0 Å². The minimum Gasteiger partial charge on any atom is -0.354 e. The minimum atomic E-state index is 0.575. The molecule has 1 aromatic rings. The first-order valence-corrected chi connectivity index (χ1v) is 7.87. The average molecular weight is 280 g/mol. The number of aliphatic imine (C=N–C) groups is 1. The van der Waals surface area contributed by atoms with E-state index >= 15 is 0 Å². The molecule has 0 aliphatic heterocycles. The molecule has 1 fully saturated rings.